The zero-order chi connectivity index (χ0) is 14.5. The van der Waals surface area contributed by atoms with Gasteiger partial charge in [0.2, 0.25) is 0 Å². The summed E-state index contributed by atoms with van der Waals surface area (Å²) in [5, 5.41) is 0.971. The van der Waals surface area contributed by atoms with Crippen molar-refractivity contribution in [1.82, 2.24) is 4.98 Å². The number of rotatable bonds is 3. The topological polar surface area (TPSA) is 42.4 Å². The summed E-state index contributed by atoms with van der Waals surface area (Å²) >= 11 is 1.53. The van der Waals surface area contributed by atoms with Crippen LogP contribution in [0.2, 0.25) is 0 Å². The Hall–Kier alpha value is -0.940. The van der Waals surface area contributed by atoms with Gasteiger partial charge in [0.25, 0.3) is 0 Å². The van der Waals surface area contributed by atoms with Crippen molar-refractivity contribution < 1.29 is 9.53 Å². The smallest absolute Gasteiger partial charge is 0.186 e. The summed E-state index contributed by atoms with van der Waals surface area (Å²) < 4.78 is 6.10. The van der Waals surface area contributed by atoms with Gasteiger partial charge < -0.3 is 9.64 Å². The normalized spacial score (nSPS) is 24.7. The zero-order valence-corrected chi connectivity index (χ0v) is 13.4. The molecule has 0 atom stereocenters. The van der Waals surface area contributed by atoms with E-state index in [0.717, 1.165) is 35.1 Å². The van der Waals surface area contributed by atoms with Gasteiger partial charge in [-0.2, -0.15) is 0 Å². The number of aromatic nitrogens is 1. The Balaban J connectivity index is 1.90. The van der Waals surface area contributed by atoms with Crippen LogP contribution in [0.4, 0.5) is 5.13 Å². The average Bonchev–Trinajstić information content (AvgIpc) is 3.04. The maximum atomic E-state index is 11.2. The predicted octanol–water partition coefficient (Wildman–Crippen LogP) is 3.23. The Morgan fingerprint density at radius 3 is 2.35 bits per heavy atom. The summed E-state index contributed by atoms with van der Waals surface area (Å²) in [6.45, 7) is 10.1. The molecule has 0 aromatic carbocycles. The highest BCUT2D eigenvalue weighted by Gasteiger charge is 2.40. The molecule has 0 spiro atoms. The van der Waals surface area contributed by atoms with Gasteiger partial charge in [0.15, 0.2) is 11.4 Å². The van der Waals surface area contributed by atoms with Crippen LogP contribution in [0.15, 0.2) is 0 Å². The van der Waals surface area contributed by atoms with Gasteiger partial charge in [-0.15, -0.1) is 0 Å². The van der Waals surface area contributed by atoms with Crippen molar-refractivity contribution >= 4 is 22.8 Å². The molecule has 0 radical (unpaired) electrons. The van der Waals surface area contributed by atoms with Crippen LogP contribution in [0.3, 0.4) is 0 Å². The lowest BCUT2D eigenvalue weighted by Gasteiger charge is -2.47. The molecule has 0 unspecified atom stereocenters. The SMILES string of the molecule is CC1(C)CN(c2nc(C3CC3)c(C=O)s2)CC(C)(C)O1. The van der Waals surface area contributed by atoms with Gasteiger partial charge in [-0.3, -0.25) is 4.79 Å². The van der Waals surface area contributed by atoms with E-state index in [4.69, 9.17) is 9.72 Å². The lowest BCUT2D eigenvalue weighted by atomic mass is 9.99. The van der Waals surface area contributed by atoms with Crippen molar-refractivity contribution in [3.05, 3.63) is 10.6 Å². The highest BCUT2D eigenvalue weighted by atomic mass is 32.1. The van der Waals surface area contributed by atoms with Gasteiger partial charge in [0.05, 0.1) is 21.8 Å². The Kier molecular flexibility index (Phi) is 3.18. The number of hydrogen-bond donors (Lipinski definition) is 0. The number of nitrogens with zero attached hydrogens (tertiary/aromatic N) is 2. The summed E-state index contributed by atoms with van der Waals surface area (Å²) in [4.78, 5) is 19.1. The minimum absolute atomic E-state index is 0.200. The standard InChI is InChI=1S/C15H22N2O2S/c1-14(2)8-17(9-15(3,4)19-14)13-16-12(10-5-6-10)11(7-18)20-13/h7,10H,5-6,8-9H2,1-4H3. The van der Waals surface area contributed by atoms with E-state index in [1.54, 1.807) is 0 Å². The summed E-state index contributed by atoms with van der Waals surface area (Å²) in [5.74, 6) is 0.516. The number of anilines is 1. The highest BCUT2D eigenvalue weighted by molar-refractivity contribution is 7.17. The van der Waals surface area contributed by atoms with Crippen LogP contribution in [-0.4, -0.2) is 35.6 Å². The summed E-state index contributed by atoms with van der Waals surface area (Å²) in [5.41, 5.74) is 0.616. The molecule has 20 heavy (non-hydrogen) atoms. The Morgan fingerprint density at radius 2 is 1.85 bits per heavy atom. The van der Waals surface area contributed by atoms with E-state index in [1.807, 2.05) is 0 Å². The van der Waals surface area contributed by atoms with E-state index in [0.29, 0.717) is 5.92 Å². The number of thiazole rings is 1. The molecule has 0 N–H and O–H groups in total. The molecule has 110 valence electrons. The van der Waals surface area contributed by atoms with Crippen LogP contribution in [0.5, 0.6) is 0 Å². The number of aldehydes is 1. The Labute approximate surface area is 124 Å². The van der Waals surface area contributed by atoms with Crippen LogP contribution in [0.25, 0.3) is 0 Å². The molecule has 0 amide bonds. The van der Waals surface area contributed by atoms with Gasteiger partial charge >= 0.3 is 0 Å². The Bertz CT molecular complexity index is 516. The van der Waals surface area contributed by atoms with Crippen LogP contribution in [0, 0.1) is 0 Å². The van der Waals surface area contributed by atoms with Crippen molar-refractivity contribution in [3.63, 3.8) is 0 Å². The third-order valence-electron chi connectivity index (χ3n) is 3.71. The van der Waals surface area contributed by atoms with Crippen molar-refractivity contribution in [1.29, 1.82) is 0 Å². The first-order valence-corrected chi connectivity index (χ1v) is 8.02. The number of carbonyl (C=O) groups excluding carboxylic acids is 1. The first-order valence-electron chi connectivity index (χ1n) is 7.21. The maximum absolute atomic E-state index is 11.2. The molecular weight excluding hydrogens is 272 g/mol. The highest BCUT2D eigenvalue weighted by Crippen LogP contribution is 2.44. The molecule has 1 saturated heterocycles. The van der Waals surface area contributed by atoms with Gasteiger partial charge in [0, 0.05) is 19.0 Å². The molecule has 5 heteroatoms. The van der Waals surface area contributed by atoms with Crippen molar-refractivity contribution in [2.45, 2.75) is 57.7 Å². The number of carbonyl (C=O) groups is 1. The molecule has 1 saturated carbocycles. The second-order valence-electron chi connectivity index (χ2n) is 7.12. The second-order valence-corrected chi connectivity index (χ2v) is 8.12. The molecule has 2 fully saturated rings. The fraction of sp³-hybridized carbons (Fsp3) is 0.733. The number of morpholine rings is 1. The Morgan fingerprint density at radius 1 is 1.25 bits per heavy atom. The quantitative estimate of drug-likeness (QED) is 0.803. The van der Waals surface area contributed by atoms with Gasteiger partial charge in [-0.05, 0) is 40.5 Å². The van der Waals surface area contributed by atoms with Crippen LogP contribution < -0.4 is 4.90 Å². The number of ether oxygens (including phenoxy) is 1. The first kappa shape index (κ1) is 14.0. The number of hydrogen-bond acceptors (Lipinski definition) is 5. The van der Waals surface area contributed by atoms with Crippen LogP contribution >= 0.6 is 11.3 Å². The molecular formula is C15H22N2O2S. The van der Waals surface area contributed by atoms with Gasteiger partial charge in [-0.25, -0.2) is 4.98 Å². The maximum Gasteiger partial charge on any atom is 0.186 e. The third-order valence-corrected chi connectivity index (χ3v) is 4.76. The molecule has 1 aromatic rings. The fourth-order valence-corrected chi connectivity index (χ4v) is 4.09. The van der Waals surface area contributed by atoms with E-state index in [2.05, 4.69) is 32.6 Å². The van der Waals surface area contributed by atoms with Crippen LogP contribution in [-0.2, 0) is 4.74 Å². The molecule has 1 aliphatic heterocycles. The molecule has 4 nitrogen and oxygen atoms in total. The largest absolute Gasteiger partial charge is 0.366 e. The molecule has 0 bridgehead atoms. The molecule has 2 heterocycles. The average molecular weight is 294 g/mol. The van der Waals surface area contributed by atoms with Crippen molar-refractivity contribution in [2.75, 3.05) is 18.0 Å². The van der Waals surface area contributed by atoms with Crippen molar-refractivity contribution in [3.8, 4) is 0 Å². The van der Waals surface area contributed by atoms with Gasteiger partial charge in [-0.1, -0.05) is 11.3 Å². The predicted molar refractivity (Wildman–Crippen MR) is 80.9 cm³/mol. The van der Waals surface area contributed by atoms with Gasteiger partial charge in [0.1, 0.15) is 0 Å². The van der Waals surface area contributed by atoms with E-state index in [9.17, 15) is 4.79 Å². The summed E-state index contributed by atoms with van der Waals surface area (Å²) in [6, 6.07) is 0. The third kappa shape index (κ3) is 2.74. The zero-order valence-electron chi connectivity index (χ0n) is 12.6. The monoisotopic (exact) mass is 294 g/mol. The van der Waals surface area contributed by atoms with E-state index < -0.39 is 0 Å². The van der Waals surface area contributed by atoms with Crippen molar-refractivity contribution in [2.24, 2.45) is 0 Å². The van der Waals surface area contributed by atoms with Crippen LogP contribution in [0.1, 0.15) is 61.8 Å². The molecule has 2 aliphatic rings. The molecule has 1 aliphatic carbocycles. The summed E-state index contributed by atoms with van der Waals surface area (Å²) in [6.07, 6.45) is 3.31. The molecule has 3 rings (SSSR count). The fourth-order valence-electron chi connectivity index (χ4n) is 3.12. The summed E-state index contributed by atoms with van der Waals surface area (Å²) in [7, 11) is 0. The van der Waals surface area contributed by atoms with E-state index in [-0.39, 0.29) is 11.2 Å². The molecule has 1 aromatic heterocycles. The minimum atomic E-state index is -0.200. The lowest BCUT2D eigenvalue weighted by Crippen LogP contribution is -2.57. The van der Waals surface area contributed by atoms with E-state index >= 15 is 0 Å². The lowest BCUT2D eigenvalue weighted by molar-refractivity contribution is -0.133. The second kappa shape index (κ2) is 4.53. The van der Waals surface area contributed by atoms with E-state index in [1.165, 1.54) is 24.2 Å². The first-order chi connectivity index (χ1) is 9.30. The minimum Gasteiger partial charge on any atom is -0.366 e.